The molecular weight excluding hydrogens is 345 g/mol. The third-order valence-electron chi connectivity index (χ3n) is 3.04. The van der Waals surface area contributed by atoms with Gasteiger partial charge in [0.15, 0.2) is 0 Å². The maximum atomic E-state index is 13.4. The van der Waals surface area contributed by atoms with Crippen molar-refractivity contribution in [2.45, 2.75) is 12.5 Å². The molecule has 106 valence electrons. The highest BCUT2D eigenvalue weighted by atomic mass is 79.9. The standard InChI is InChI=1S/C15H14BrClFNO/c1-20-15-5-3-10(8-11(15)16)14(19)7-9-2-4-12(17)13(18)6-9/h2-6,8,14H,7,19H2,1H3. The molecule has 0 bridgehead atoms. The Morgan fingerprint density at radius 1 is 1.30 bits per heavy atom. The third kappa shape index (κ3) is 3.51. The Hall–Kier alpha value is -1.10. The summed E-state index contributed by atoms with van der Waals surface area (Å²) in [4.78, 5) is 0. The summed E-state index contributed by atoms with van der Waals surface area (Å²) < 4.78 is 19.4. The Kier molecular flexibility index (Phi) is 5.02. The Morgan fingerprint density at radius 3 is 2.65 bits per heavy atom. The first kappa shape index (κ1) is 15.3. The molecule has 0 amide bonds. The molecule has 0 aromatic heterocycles. The van der Waals surface area contributed by atoms with E-state index < -0.39 is 5.82 Å². The highest BCUT2D eigenvalue weighted by Gasteiger charge is 2.11. The number of hydrogen-bond donors (Lipinski definition) is 1. The Morgan fingerprint density at radius 2 is 2.05 bits per heavy atom. The fraction of sp³-hybridized carbons (Fsp3) is 0.200. The molecule has 2 aromatic rings. The molecule has 5 heteroatoms. The molecule has 0 aliphatic carbocycles. The summed E-state index contributed by atoms with van der Waals surface area (Å²) in [5, 5.41) is 0.120. The number of nitrogens with two attached hydrogens (primary N) is 1. The van der Waals surface area contributed by atoms with Gasteiger partial charge >= 0.3 is 0 Å². The van der Waals surface area contributed by atoms with Crippen LogP contribution in [0.5, 0.6) is 5.75 Å². The van der Waals surface area contributed by atoms with Crippen LogP contribution in [-0.2, 0) is 6.42 Å². The van der Waals surface area contributed by atoms with Gasteiger partial charge in [-0.1, -0.05) is 23.7 Å². The second kappa shape index (κ2) is 6.57. The predicted molar refractivity (Wildman–Crippen MR) is 82.7 cm³/mol. The summed E-state index contributed by atoms with van der Waals surface area (Å²) in [5.74, 6) is 0.325. The van der Waals surface area contributed by atoms with Gasteiger partial charge in [-0.15, -0.1) is 0 Å². The van der Waals surface area contributed by atoms with Crippen LogP contribution in [0.25, 0.3) is 0 Å². The fourth-order valence-electron chi connectivity index (χ4n) is 1.95. The molecule has 1 unspecified atom stereocenters. The zero-order chi connectivity index (χ0) is 14.7. The lowest BCUT2D eigenvalue weighted by Crippen LogP contribution is -2.13. The van der Waals surface area contributed by atoms with E-state index in [4.69, 9.17) is 22.1 Å². The molecule has 0 aliphatic rings. The minimum atomic E-state index is -0.424. The molecule has 2 rings (SSSR count). The first-order valence-electron chi connectivity index (χ1n) is 6.04. The minimum Gasteiger partial charge on any atom is -0.496 e. The van der Waals surface area contributed by atoms with Crippen LogP contribution < -0.4 is 10.5 Å². The molecule has 0 radical (unpaired) electrons. The number of rotatable bonds is 4. The van der Waals surface area contributed by atoms with Crippen molar-refractivity contribution < 1.29 is 9.13 Å². The molecule has 20 heavy (non-hydrogen) atoms. The maximum Gasteiger partial charge on any atom is 0.142 e. The Balaban J connectivity index is 2.17. The summed E-state index contributed by atoms with van der Waals surface area (Å²) in [5.41, 5.74) is 7.92. The van der Waals surface area contributed by atoms with E-state index in [1.54, 1.807) is 19.2 Å². The van der Waals surface area contributed by atoms with E-state index in [-0.39, 0.29) is 11.1 Å². The van der Waals surface area contributed by atoms with E-state index in [1.807, 2.05) is 18.2 Å². The number of hydrogen-bond acceptors (Lipinski definition) is 2. The van der Waals surface area contributed by atoms with Crippen molar-refractivity contribution >= 4 is 27.5 Å². The zero-order valence-corrected chi connectivity index (χ0v) is 13.2. The number of benzene rings is 2. The highest BCUT2D eigenvalue weighted by Crippen LogP contribution is 2.28. The van der Waals surface area contributed by atoms with Crippen LogP contribution in [-0.4, -0.2) is 7.11 Å². The molecule has 0 fully saturated rings. The van der Waals surface area contributed by atoms with Crippen molar-refractivity contribution in [3.63, 3.8) is 0 Å². The smallest absolute Gasteiger partial charge is 0.142 e. The van der Waals surface area contributed by atoms with Crippen LogP contribution in [0.3, 0.4) is 0 Å². The Bertz CT molecular complexity index is 621. The normalized spacial score (nSPS) is 12.2. The molecule has 2 N–H and O–H groups in total. The highest BCUT2D eigenvalue weighted by molar-refractivity contribution is 9.10. The van der Waals surface area contributed by atoms with E-state index in [0.29, 0.717) is 6.42 Å². The zero-order valence-electron chi connectivity index (χ0n) is 10.9. The van der Waals surface area contributed by atoms with Crippen molar-refractivity contribution in [2.75, 3.05) is 7.11 Å². The maximum absolute atomic E-state index is 13.4. The molecule has 0 spiro atoms. The third-order valence-corrected chi connectivity index (χ3v) is 3.97. The van der Waals surface area contributed by atoms with E-state index in [0.717, 1.165) is 21.3 Å². The summed E-state index contributed by atoms with van der Waals surface area (Å²) in [6.07, 6.45) is 0.535. The largest absolute Gasteiger partial charge is 0.496 e. The van der Waals surface area contributed by atoms with Crippen LogP contribution in [0.4, 0.5) is 4.39 Å². The Labute approximate surface area is 130 Å². The summed E-state index contributed by atoms with van der Waals surface area (Å²) >= 11 is 9.09. The first-order valence-corrected chi connectivity index (χ1v) is 7.21. The lowest BCUT2D eigenvalue weighted by atomic mass is 9.99. The molecule has 2 aromatic carbocycles. The average Bonchev–Trinajstić information content (AvgIpc) is 2.42. The van der Waals surface area contributed by atoms with Gasteiger partial charge in [0.25, 0.3) is 0 Å². The quantitative estimate of drug-likeness (QED) is 0.874. The summed E-state index contributed by atoms with van der Waals surface area (Å²) in [6, 6.07) is 10.2. The van der Waals surface area contributed by atoms with Gasteiger partial charge in [0.05, 0.1) is 16.6 Å². The van der Waals surface area contributed by atoms with Gasteiger partial charge < -0.3 is 10.5 Å². The van der Waals surface area contributed by atoms with Crippen LogP contribution in [0.15, 0.2) is 40.9 Å². The molecule has 0 heterocycles. The van der Waals surface area contributed by atoms with E-state index in [9.17, 15) is 4.39 Å². The van der Waals surface area contributed by atoms with Gasteiger partial charge in [0.1, 0.15) is 11.6 Å². The topological polar surface area (TPSA) is 35.2 Å². The number of methoxy groups -OCH3 is 1. The SMILES string of the molecule is COc1ccc(C(N)Cc2ccc(Cl)c(F)c2)cc1Br. The van der Waals surface area contributed by atoms with Crippen molar-refractivity contribution in [1.29, 1.82) is 0 Å². The van der Waals surface area contributed by atoms with Gasteiger partial charge in [-0.25, -0.2) is 4.39 Å². The van der Waals surface area contributed by atoms with Gasteiger partial charge in [0.2, 0.25) is 0 Å². The molecule has 2 nitrogen and oxygen atoms in total. The second-order valence-corrected chi connectivity index (χ2v) is 5.71. The first-order chi connectivity index (χ1) is 9.51. The van der Waals surface area contributed by atoms with E-state index >= 15 is 0 Å². The molecule has 0 aliphatic heterocycles. The van der Waals surface area contributed by atoms with Crippen LogP contribution in [0.2, 0.25) is 5.02 Å². The van der Waals surface area contributed by atoms with Crippen LogP contribution in [0, 0.1) is 5.82 Å². The van der Waals surface area contributed by atoms with Crippen molar-refractivity contribution in [2.24, 2.45) is 5.73 Å². The second-order valence-electron chi connectivity index (χ2n) is 4.45. The minimum absolute atomic E-state index is 0.120. The average molecular weight is 359 g/mol. The van der Waals surface area contributed by atoms with Gasteiger partial charge in [0, 0.05) is 6.04 Å². The van der Waals surface area contributed by atoms with E-state index in [2.05, 4.69) is 15.9 Å². The fourth-order valence-corrected chi connectivity index (χ4v) is 2.63. The van der Waals surface area contributed by atoms with E-state index in [1.165, 1.54) is 6.07 Å². The predicted octanol–water partition coefficient (Wildman–Crippen LogP) is 4.49. The van der Waals surface area contributed by atoms with Crippen LogP contribution in [0.1, 0.15) is 17.2 Å². The number of halogens is 3. The molecule has 0 saturated carbocycles. The monoisotopic (exact) mass is 357 g/mol. The van der Waals surface area contributed by atoms with Crippen LogP contribution >= 0.6 is 27.5 Å². The molecule has 0 saturated heterocycles. The van der Waals surface area contributed by atoms with Crippen molar-refractivity contribution in [3.05, 3.63) is 62.8 Å². The lowest BCUT2D eigenvalue weighted by molar-refractivity contribution is 0.412. The van der Waals surface area contributed by atoms with Crippen molar-refractivity contribution in [3.8, 4) is 5.75 Å². The lowest BCUT2D eigenvalue weighted by Gasteiger charge is -2.14. The number of ether oxygens (including phenoxy) is 1. The van der Waals surface area contributed by atoms with Crippen molar-refractivity contribution in [1.82, 2.24) is 0 Å². The van der Waals surface area contributed by atoms with Gasteiger partial charge in [-0.05, 0) is 57.7 Å². The molecule has 1 atom stereocenters. The molecular formula is C15H14BrClFNO. The summed E-state index contributed by atoms with van der Waals surface area (Å²) in [7, 11) is 1.61. The van der Waals surface area contributed by atoms with Gasteiger partial charge in [-0.3, -0.25) is 0 Å². The summed E-state index contributed by atoms with van der Waals surface area (Å²) in [6.45, 7) is 0. The van der Waals surface area contributed by atoms with Gasteiger partial charge in [-0.2, -0.15) is 0 Å².